The number of hydrogen-bond donors (Lipinski definition) is 1. The lowest BCUT2D eigenvalue weighted by Crippen LogP contribution is -2.13. The fourth-order valence-corrected chi connectivity index (χ4v) is 1.19. The SMILES string of the molecule is C=CCCNCc1cnn(C(C)C)c1. The molecule has 0 aromatic carbocycles. The van der Waals surface area contributed by atoms with Crippen LogP contribution in [0.1, 0.15) is 31.9 Å². The number of nitrogens with zero attached hydrogens (tertiary/aromatic N) is 2. The first-order valence-electron chi connectivity index (χ1n) is 5.08. The largest absolute Gasteiger partial charge is 0.312 e. The fourth-order valence-electron chi connectivity index (χ4n) is 1.19. The quantitative estimate of drug-likeness (QED) is 0.554. The average molecular weight is 193 g/mol. The summed E-state index contributed by atoms with van der Waals surface area (Å²) in [5.74, 6) is 0. The lowest BCUT2D eigenvalue weighted by Gasteiger charge is -2.03. The summed E-state index contributed by atoms with van der Waals surface area (Å²) < 4.78 is 1.98. The van der Waals surface area contributed by atoms with Crippen LogP contribution in [0.2, 0.25) is 0 Å². The molecule has 0 spiro atoms. The van der Waals surface area contributed by atoms with Crippen molar-refractivity contribution in [2.45, 2.75) is 32.9 Å². The van der Waals surface area contributed by atoms with Gasteiger partial charge in [-0.05, 0) is 26.8 Å². The minimum Gasteiger partial charge on any atom is -0.312 e. The van der Waals surface area contributed by atoms with Crippen LogP contribution >= 0.6 is 0 Å². The van der Waals surface area contributed by atoms with E-state index in [9.17, 15) is 0 Å². The van der Waals surface area contributed by atoms with Crippen LogP contribution in [0.4, 0.5) is 0 Å². The lowest BCUT2D eigenvalue weighted by atomic mass is 10.3. The second kappa shape index (κ2) is 5.60. The van der Waals surface area contributed by atoms with Gasteiger partial charge in [-0.15, -0.1) is 6.58 Å². The van der Waals surface area contributed by atoms with E-state index in [-0.39, 0.29) is 0 Å². The molecule has 0 fully saturated rings. The molecule has 78 valence electrons. The maximum absolute atomic E-state index is 4.27. The van der Waals surface area contributed by atoms with Crippen molar-refractivity contribution in [1.82, 2.24) is 15.1 Å². The molecule has 0 amide bonds. The van der Waals surface area contributed by atoms with E-state index in [2.05, 4.69) is 37.0 Å². The van der Waals surface area contributed by atoms with Gasteiger partial charge in [0, 0.05) is 24.3 Å². The lowest BCUT2D eigenvalue weighted by molar-refractivity contribution is 0.531. The molecule has 0 aliphatic heterocycles. The Kier molecular flexibility index (Phi) is 4.40. The molecule has 0 aliphatic carbocycles. The van der Waals surface area contributed by atoms with Gasteiger partial charge in [0.25, 0.3) is 0 Å². The molecule has 0 radical (unpaired) electrons. The maximum Gasteiger partial charge on any atom is 0.0534 e. The summed E-state index contributed by atoms with van der Waals surface area (Å²) in [4.78, 5) is 0. The second-order valence-electron chi connectivity index (χ2n) is 3.68. The summed E-state index contributed by atoms with van der Waals surface area (Å²) in [6, 6.07) is 0.442. The van der Waals surface area contributed by atoms with Gasteiger partial charge in [0.05, 0.1) is 6.20 Å². The Bertz CT molecular complexity index is 276. The van der Waals surface area contributed by atoms with Crippen molar-refractivity contribution in [3.8, 4) is 0 Å². The van der Waals surface area contributed by atoms with Crippen molar-refractivity contribution in [3.05, 3.63) is 30.6 Å². The van der Waals surface area contributed by atoms with Gasteiger partial charge in [-0.2, -0.15) is 5.10 Å². The zero-order chi connectivity index (χ0) is 10.4. The molecule has 3 heteroatoms. The molecule has 1 N–H and O–H groups in total. The van der Waals surface area contributed by atoms with E-state index in [4.69, 9.17) is 0 Å². The van der Waals surface area contributed by atoms with Gasteiger partial charge in [0.1, 0.15) is 0 Å². The molecular weight excluding hydrogens is 174 g/mol. The van der Waals surface area contributed by atoms with E-state index in [0.717, 1.165) is 19.5 Å². The second-order valence-corrected chi connectivity index (χ2v) is 3.68. The Morgan fingerprint density at radius 1 is 1.64 bits per heavy atom. The van der Waals surface area contributed by atoms with Crippen molar-refractivity contribution >= 4 is 0 Å². The highest BCUT2D eigenvalue weighted by atomic mass is 15.3. The zero-order valence-electron chi connectivity index (χ0n) is 9.03. The summed E-state index contributed by atoms with van der Waals surface area (Å²) >= 11 is 0. The van der Waals surface area contributed by atoms with Crippen LogP contribution in [0.25, 0.3) is 0 Å². The van der Waals surface area contributed by atoms with Crippen molar-refractivity contribution in [1.29, 1.82) is 0 Å². The molecule has 0 saturated heterocycles. The smallest absolute Gasteiger partial charge is 0.0534 e. The first kappa shape index (κ1) is 11.0. The topological polar surface area (TPSA) is 29.9 Å². The first-order valence-corrected chi connectivity index (χ1v) is 5.08. The van der Waals surface area contributed by atoms with E-state index >= 15 is 0 Å². The van der Waals surface area contributed by atoms with Crippen LogP contribution in [0, 0.1) is 0 Å². The van der Waals surface area contributed by atoms with E-state index in [0.29, 0.717) is 6.04 Å². The fraction of sp³-hybridized carbons (Fsp3) is 0.545. The monoisotopic (exact) mass is 193 g/mol. The Hall–Kier alpha value is -1.09. The summed E-state index contributed by atoms with van der Waals surface area (Å²) in [6.07, 6.45) is 6.94. The van der Waals surface area contributed by atoms with Crippen LogP contribution in [-0.4, -0.2) is 16.3 Å². The summed E-state index contributed by atoms with van der Waals surface area (Å²) in [6.45, 7) is 9.80. The van der Waals surface area contributed by atoms with E-state index < -0.39 is 0 Å². The standard InChI is InChI=1S/C11H19N3/c1-4-5-6-12-7-11-8-13-14(9-11)10(2)3/h4,8-10,12H,1,5-7H2,2-3H3. The van der Waals surface area contributed by atoms with Gasteiger partial charge in [-0.25, -0.2) is 0 Å². The third kappa shape index (κ3) is 3.34. The number of nitrogens with one attached hydrogen (secondary N) is 1. The molecular formula is C11H19N3. The van der Waals surface area contributed by atoms with Crippen molar-refractivity contribution in [2.24, 2.45) is 0 Å². The number of aromatic nitrogens is 2. The van der Waals surface area contributed by atoms with Gasteiger partial charge in [-0.3, -0.25) is 4.68 Å². The number of hydrogen-bond acceptors (Lipinski definition) is 2. The molecule has 1 rings (SSSR count). The molecule has 0 unspecified atom stereocenters. The molecule has 0 bridgehead atoms. The minimum atomic E-state index is 0.442. The molecule has 1 aromatic rings. The first-order chi connectivity index (χ1) is 6.74. The maximum atomic E-state index is 4.27. The van der Waals surface area contributed by atoms with Crippen molar-refractivity contribution in [2.75, 3.05) is 6.54 Å². The van der Waals surface area contributed by atoms with E-state index in [1.807, 2.05) is 17.0 Å². The normalized spacial score (nSPS) is 10.8. The van der Waals surface area contributed by atoms with Crippen LogP contribution in [0.15, 0.2) is 25.0 Å². The Labute approximate surface area is 85.8 Å². The van der Waals surface area contributed by atoms with Crippen molar-refractivity contribution < 1.29 is 0 Å². The van der Waals surface area contributed by atoms with Gasteiger partial charge in [0.2, 0.25) is 0 Å². The summed E-state index contributed by atoms with van der Waals surface area (Å²) in [7, 11) is 0. The summed E-state index contributed by atoms with van der Waals surface area (Å²) in [5, 5.41) is 7.60. The highest BCUT2D eigenvalue weighted by molar-refractivity contribution is 5.03. The molecule has 0 atom stereocenters. The highest BCUT2D eigenvalue weighted by Crippen LogP contribution is 2.04. The van der Waals surface area contributed by atoms with E-state index in [1.165, 1.54) is 5.56 Å². The highest BCUT2D eigenvalue weighted by Gasteiger charge is 2.00. The molecule has 3 nitrogen and oxygen atoms in total. The Balaban J connectivity index is 2.32. The third-order valence-corrected chi connectivity index (χ3v) is 2.04. The van der Waals surface area contributed by atoms with Gasteiger partial charge >= 0.3 is 0 Å². The Morgan fingerprint density at radius 2 is 2.43 bits per heavy atom. The van der Waals surface area contributed by atoms with Crippen LogP contribution < -0.4 is 5.32 Å². The molecule has 0 saturated carbocycles. The number of rotatable bonds is 6. The molecule has 14 heavy (non-hydrogen) atoms. The van der Waals surface area contributed by atoms with Crippen LogP contribution in [0.5, 0.6) is 0 Å². The predicted molar refractivity (Wildman–Crippen MR) is 59.1 cm³/mol. The van der Waals surface area contributed by atoms with Gasteiger partial charge in [-0.1, -0.05) is 6.08 Å². The predicted octanol–water partition coefficient (Wildman–Crippen LogP) is 2.13. The van der Waals surface area contributed by atoms with Gasteiger partial charge in [0.15, 0.2) is 0 Å². The van der Waals surface area contributed by atoms with Crippen LogP contribution in [0.3, 0.4) is 0 Å². The van der Waals surface area contributed by atoms with Crippen molar-refractivity contribution in [3.63, 3.8) is 0 Å². The van der Waals surface area contributed by atoms with E-state index in [1.54, 1.807) is 0 Å². The third-order valence-electron chi connectivity index (χ3n) is 2.04. The summed E-state index contributed by atoms with van der Waals surface area (Å²) in [5.41, 5.74) is 1.24. The zero-order valence-corrected chi connectivity index (χ0v) is 9.03. The molecule has 1 aromatic heterocycles. The van der Waals surface area contributed by atoms with Gasteiger partial charge < -0.3 is 5.32 Å². The average Bonchev–Trinajstić information content (AvgIpc) is 2.61. The molecule has 0 aliphatic rings. The molecule has 1 heterocycles. The minimum absolute atomic E-state index is 0.442. The van der Waals surface area contributed by atoms with Crippen LogP contribution in [-0.2, 0) is 6.54 Å². The Morgan fingerprint density at radius 3 is 3.00 bits per heavy atom.